The lowest BCUT2D eigenvalue weighted by Gasteiger charge is -2.35. The quantitative estimate of drug-likeness (QED) is 0.860. The Morgan fingerprint density at radius 1 is 0.963 bits per heavy atom. The summed E-state index contributed by atoms with van der Waals surface area (Å²) >= 11 is 0. The number of carbonyl (C=O) groups is 1. The first kappa shape index (κ1) is 19.4. The lowest BCUT2D eigenvalue weighted by Crippen LogP contribution is -2.49. The van der Waals surface area contributed by atoms with Crippen molar-refractivity contribution in [2.45, 2.75) is 39.7 Å². The lowest BCUT2D eigenvalue weighted by molar-refractivity contribution is 0.143. The summed E-state index contributed by atoms with van der Waals surface area (Å²) in [7, 11) is 0. The molecule has 4 heteroatoms. The minimum absolute atomic E-state index is 0.00551. The van der Waals surface area contributed by atoms with Crippen LogP contribution in [0.15, 0.2) is 48.5 Å². The molecule has 0 bridgehead atoms. The van der Waals surface area contributed by atoms with Gasteiger partial charge in [-0.3, -0.25) is 4.90 Å². The molecule has 2 amide bonds. The number of amides is 2. The summed E-state index contributed by atoms with van der Waals surface area (Å²) < 4.78 is 0. The van der Waals surface area contributed by atoms with E-state index >= 15 is 0 Å². The highest BCUT2D eigenvalue weighted by Crippen LogP contribution is 2.23. The van der Waals surface area contributed by atoms with E-state index in [1.54, 1.807) is 0 Å². The van der Waals surface area contributed by atoms with Crippen molar-refractivity contribution in [1.82, 2.24) is 9.80 Å². The summed E-state index contributed by atoms with van der Waals surface area (Å²) in [6.07, 6.45) is 0. The van der Waals surface area contributed by atoms with E-state index < -0.39 is 0 Å². The lowest BCUT2D eigenvalue weighted by atomic mass is 9.87. The molecule has 2 aromatic carbocycles. The van der Waals surface area contributed by atoms with Gasteiger partial charge in [-0.2, -0.15) is 0 Å². The maximum atomic E-state index is 12.6. The van der Waals surface area contributed by atoms with E-state index in [0.29, 0.717) is 0 Å². The largest absolute Gasteiger partial charge is 0.322 e. The first-order valence-electron chi connectivity index (χ1n) is 9.76. The fraction of sp³-hybridized carbons (Fsp3) is 0.435. The van der Waals surface area contributed by atoms with Crippen LogP contribution in [0.25, 0.3) is 0 Å². The molecule has 0 unspecified atom stereocenters. The highest BCUT2D eigenvalue weighted by atomic mass is 16.2. The zero-order chi connectivity index (χ0) is 19.4. The van der Waals surface area contributed by atoms with Gasteiger partial charge in [0.05, 0.1) is 0 Å². The summed E-state index contributed by atoms with van der Waals surface area (Å²) in [4.78, 5) is 16.9. The SMILES string of the molecule is Cc1ccccc1CN1CCN(C(=O)Nc2ccc(C(C)(C)C)cc2)CC1. The van der Waals surface area contributed by atoms with E-state index in [1.165, 1.54) is 16.7 Å². The highest BCUT2D eigenvalue weighted by Gasteiger charge is 2.21. The average molecular weight is 366 g/mol. The van der Waals surface area contributed by atoms with E-state index in [1.807, 2.05) is 17.0 Å². The standard InChI is InChI=1S/C23H31N3O/c1-18-7-5-6-8-19(18)17-25-13-15-26(16-14-25)22(27)24-21-11-9-20(10-12-21)23(2,3)4/h5-12H,13-17H2,1-4H3,(H,24,27). The number of carbonyl (C=O) groups excluding carboxylic acids is 1. The van der Waals surface area contributed by atoms with Crippen LogP contribution in [0.1, 0.15) is 37.5 Å². The normalized spacial score (nSPS) is 15.6. The number of anilines is 1. The number of aryl methyl sites for hydroxylation is 1. The van der Waals surface area contributed by atoms with Crippen molar-refractivity contribution in [3.63, 3.8) is 0 Å². The Balaban J connectivity index is 1.50. The summed E-state index contributed by atoms with van der Waals surface area (Å²) in [5.74, 6) is 0. The Kier molecular flexibility index (Phi) is 5.85. The van der Waals surface area contributed by atoms with Gasteiger partial charge < -0.3 is 10.2 Å². The number of urea groups is 1. The Bertz CT molecular complexity index is 769. The fourth-order valence-corrected chi connectivity index (χ4v) is 3.39. The van der Waals surface area contributed by atoms with E-state index in [-0.39, 0.29) is 11.4 Å². The first-order valence-corrected chi connectivity index (χ1v) is 9.76. The molecule has 1 saturated heterocycles. The molecule has 0 atom stereocenters. The summed E-state index contributed by atoms with van der Waals surface area (Å²) in [5, 5.41) is 3.03. The second kappa shape index (κ2) is 8.13. The number of benzene rings is 2. The van der Waals surface area contributed by atoms with Crippen LogP contribution in [0.5, 0.6) is 0 Å². The van der Waals surface area contributed by atoms with Crippen molar-refractivity contribution >= 4 is 11.7 Å². The predicted octanol–water partition coefficient (Wildman–Crippen LogP) is 4.64. The molecule has 0 spiro atoms. The van der Waals surface area contributed by atoms with Gasteiger partial charge in [0, 0.05) is 38.4 Å². The average Bonchev–Trinajstić information content (AvgIpc) is 2.64. The summed E-state index contributed by atoms with van der Waals surface area (Å²) in [5.41, 5.74) is 4.95. The zero-order valence-electron chi connectivity index (χ0n) is 17.0. The molecule has 1 fully saturated rings. The number of hydrogen-bond acceptors (Lipinski definition) is 2. The van der Waals surface area contributed by atoms with Crippen molar-refractivity contribution in [2.75, 3.05) is 31.5 Å². The molecule has 0 saturated carbocycles. The van der Waals surface area contributed by atoms with Crippen LogP contribution in [0.3, 0.4) is 0 Å². The van der Waals surface area contributed by atoms with Crippen molar-refractivity contribution in [1.29, 1.82) is 0 Å². The van der Waals surface area contributed by atoms with E-state index in [4.69, 9.17) is 0 Å². The molecule has 2 aromatic rings. The van der Waals surface area contributed by atoms with Gasteiger partial charge in [-0.1, -0.05) is 57.2 Å². The smallest absolute Gasteiger partial charge is 0.321 e. The van der Waals surface area contributed by atoms with Gasteiger partial charge in [0.1, 0.15) is 0 Å². The summed E-state index contributed by atoms with van der Waals surface area (Å²) in [6, 6.07) is 16.7. The van der Waals surface area contributed by atoms with E-state index in [0.717, 1.165) is 38.4 Å². The van der Waals surface area contributed by atoms with Crippen molar-refractivity contribution in [2.24, 2.45) is 0 Å². The molecule has 144 valence electrons. The van der Waals surface area contributed by atoms with Gasteiger partial charge in [0.25, 0.3) is 0 Å². The zero-order valence-corrected chi connectivity index (χ0v) is 17.0. The molecule has 4 nitrogen and oxygen atoms in total. The van der Waals surface area contributed by atoms with Crippen LogP contribution in [0.2, 0.25) is 0 Å². The van der Waals surface area contributed by atoms with E-state index in [9.17, 15) is 4.79 Å². The van der Waals surface area contributed by atoms with Gasteiger partial charge in [-0.25, -0.2) is 4.79 Å². The van der Waals surface area contributed by atoms with Crippen molar-refractivity contribution < 1.29 is 4.79 Å². The van der Waals surface area contributed by atoms with Crippen LogP contribution in [-0.4, -0.2) is 42.0 Å². The van der Waals surface area contributed by atoms with Gasteiger partial charge in [0.2, 0.25) is 0 Å². The van der Waals surface area contributed by atoms with Crippen LogP contribution in [0, 0.1) is 6.92 Å². The molecule has 1 aliphatic heterocycles. The van der Waals surface area contributed by atoms with Crippen LogP contribution in [0.4, 0.5) is 10.5 Å². The molecular formula is C23H31N3O. The molecule has 1 aliphatic rings. The Labute approximate surface area is 163 Å². The van der Waals surface area contributed by atoms with Crippen LogP contribution in [-0.2, 0) is 12.0 Å². The van der Waals surface area contributed by atoms with Gasteiger partial charge >= 0.3 is 6.03 Å². The molecule has 1 heterocycles. The van der Waals surface area contributed by atoms with Gasteiger partial charge in [0.15, 0.2) is 0 Å². The highest BCUT2D eigenvalue weighted by molar-refractivity contribution is 5.89. The monoisotopic (exact) mass is 365 g/mol. The number of nitrogens with one attached hydrogen (secondary N) is 1. The third-order valence-electron chi connectivity index (χ3n) is 5.32. The molecular weight excluding hydrogens is 334 g/mol. The Hall–Kier alpha value is -2.33. The third-order valence-corrected chi connectivity index (χ3v) is 5.32. The number of piperazine rings is 1. The van der Waals surface area contributed by atoms with Crippen molar-refractivity contribution in [3.05, 3.63) is 65.2 Å². The molecule has 0 aliphatic carbocycles. The molecule has 3 rings (SSSR count). The molecule has 1 N–H and O–H groups in total. The third kappa shape index (κ3) is 5.10. The minimum Gasteiger partial charge on any atom is -0.322 e. The molecule has 0 aromatic heterocycles. The minimum atomic E-state index is -0.00551. The molecule has 0 radical (unpaired) electrons. The number of nitrogens with zero attached hydrogens (tertiary/aromatic N) is 2. The predicted molar refractivity (Wildman–Crippen MR) is 112 cm³/mol. The van der Waals surface area contributed by atoms with E-state index in [2.05, 4.69) is 74.3 Å². The van der Waals surface area contributed by atoms with Crippen molar-refractivity contribution in [3.8, 4) is 0 Å². The topological polar surface area (TPSA) is 35.6 Å². The number of rotatable bonds is 3. The maximum Gasteiger partial charge on any atom is 0.321 e. The van der Waals surface area contributed by atoms with Crippen LogP contribution >= 0.6 is 0 Å². The second-order valence-corrected chi connectivity index (χ2v) is 8.45. The maximum absolute atomic E-state index is 12.6. The van der Waals surface area contributed by atoms with Gasteiger partial charge in [-0.15, -0.1) is 0 Å². The summed E-state index contributed by atoms with van der Waals surface area (Å²) in [6.45, 7) is 13.0. The molecule has 27 heavy (non-hydrogen) atoms. The fourth-order valence-electron chi connectivity index (χ4n) is 3.39. The first-order chi connectivity index (χ1) is 12.8. The Morgan fingerprint density at radius 3 is 2.19 bits per heavy atom. The second-order valence-electron chi connectivity index (χ2n) is 8.45. The van der Waals surface area contributed by atoms with Gasteiger partial charge in [-0.05, 0) is 41.2 Å². The van der Waals surface area contributed by atoms with Crippen LogP contribution < -0.4 is 5.32 Å². The number of hydrogen-bond donors (Lipinski definition) is 1. The Morgan fingerprint density at radius 2 is 1.59 bits per heavy atom.